The summed E-state index contributed by atoms with van der Waals surface area (Å²) in [6.07, 6.45) is 9.01. The number of fused-ring (bicyclic) bond motifs is 1. The molecule has 0 fully saturated rings. The van der Waals surface area contributed by atoms with Crippen molar-refractivity contribution >= 4 is 10.8 Å². The van der Waals surface area contributed by atoms with E-state index in [-0.39, 0.29) is 0 Å². The second-order valence-electron chi connectivity index (χ2n) is 5.33. The number of hydrogen-bond acceptors (Lipinski definition) is 2. The molecule has 1 aromatic heterocycles. The van der Waals surface area contributed by atoms with Crippen molar-refractivity contribution in [2.75, 3.05) is 0 Å². The number of unbranched alkanes of at least 4 members (excludes halogenated alkanes) is 2. The van der Waals surface area contributed by atoms with Gasteiger partial charge in [0.2, 0.25) is 0 Å². The third-order valence-corrected chi connectivity index (χ3v) is 3.60. The van der Waals surface area contributed by atoms with Crippen LogP contribution in [0.15, 0.2) is 36.7 Å². The summed E-state index contributed by atoms with van der Waals surface area (Å²) in [6.45, 7) is 5.48. The molecule has 2 aromatic rings. The Balaban J connectivity index is 1.87. The summed E-state index contributed by atoms with van der Waals surface area (Å²) in [5.41, 5.74) is 1.35. The van der Waals surface area contributed by atoms with Crippen molar-refractivity contribution in [2.24, 2.45) is 0 Å². The molecule has 0 saturated heterocycles. The molecule has 0 saturated carbocycles. The fourth-order valence-corrected chi connectivity index (χ4v) is 2.34. The Kier molecular flexibility index (Phi) is 5.34. The van der Waals surface area contributed by atoms with E-state index in [1.54, 1.807) is 0 Å². The second kappa shape index (κ2) is 7.25. The number of rotatable bonds is 7. The van der Waals surface area contributed by atoms with E-state index in [0.717, 1.165) is 6.54 Å². The lowest BCUT2D eigenvalue weighted by Gasteiger charge is -2.13. The van der Waals surface area contributed by atoms with Crippen molar-refractivity contribution in [3.05, 3.63) is 42.2 Å². The van der Waals surface area contributed by atoms with Gasteiger partial charge in [0, 0.05) is 30.4 Å². The predicted molar refractivity (Wildman–Crippen MR) is 82.2 cm³/mol. The highest BCUT2D eigenvalue weighted by molar-refractivity contribution is 5.81. The van der Waals surface area contributed by atoms with Crippen LogP contribution in [0.2, 0.25) is 0 Å². The van der Waals surface area contributed by atoms with Gasteiger partial charge in [0.05, 0.1) is 0 Å². The Labute approximate surface area is 116 Å². The molecule has 1 aromatic carbocycles. The first-order valence-electron chi connectivity index (χ1n) is 7.35. The quantitative estimate of drug-likeness (QED) is 0.747. The zero-order valence-corrected chi connectivity index (χ0v) is 12.0. The van der Waals surface area contributed by atoms with Gasteiger partial charge in [0.25, 0.3) is 0 Å². The first-order chi connectivity index (χ1) is 9.29. The van der Waals surface area contributed by atoms with Gasteiger partial charge in [0.15, 0.2) is 0 Å². The van der Waals surface area contributed by atoms with Gasteiger partial charge in [-0.25, -0.2) is 0 Å². The SMILES string of the molecule is CCCCCC(C)NCc1ccc2cnccc2c1. The molecule has 0 aliphatic rings. The van der Waals surface area contributed by atoms with Crippen LogP contribution in [0, 0.1) is 0 Å². The van der Waals surface area contributed by atoms with Gasteiger partial charge in [0.1, 0.15) is 0 Å². The lowest BCUT2D eigenvalue weighted by molar-refractivity contribution is 0.487. The zero-order chi connectivity index (χ0) is 13.5. The van der Waals surface area contributed by atoms with Crippen LogP contribution in [0.3, 0.4) is 0 Å². The molecule has 0 amide bonds. The highest BCUT2D eigenvalue weighted by atomic mass is 14.9. The Bertz CT molecular complexity index is 507. The number of hydrogen-bond donors (Lipinski definition) is 1. The molecule has 1 atom stereocenters. The molecular formula is C17H24N2. The Hall–Kier alpha value is -1.41. The maximum absolute atomic E-state index is 4.14. The molecular weight excluding hydrogens is 232 g/mol. The molecule has 2 heteroatoms. The Morgan fingerprint density at radius 2 is 2.05 bits per heavy atom. The average molecular weight is 256 g/mol. The second-order valence-corrected chi connectivity index (χ2v) is 5.33. The van der Waals surface area contributed by atoms with E-state index in [2.05, 4.69) is 48.4 Å². The molecule has 2 rings (SSSR count). The number of pyridine rings is 1. The van der Waals surface area contributed by atoms with Crippen molar-refractivity contribution in [3.8, 4) is 0 Å². The fourth-order valence-electron chi connectivity index (χ4n) is 2.34. The summed E-state index contributed by atoms with van der Waals surface area (Å²) >= 11 is 0. The summed E-state index contributed by atoms with van der Waals surface area (Å²) in [5.74, 6) is 0. The van der Waals surface area contributed by atoms with E-state index in [4.69, 9.17) is 0 Å². The van der Waals surface area contributed by atoms with Gasteiger partial charge < -0.3 is 5.32 Å². The predicted octanol–water partition coefficient (Wildman–Crippen LogP) is 4.29. The van der Waals surface area contributed by atoms with E-state index in [1.165, 1.54) is 42.0 Å². The lowest BCUT2D eigenvalue weighted by atomic mass is 10.1. The van der Waals surface area contributed by atoms with Gasteiger partial charge in [-0.2, -0.15) is 0 Å². The van der Waals surface area contributed by atoms with Crippen molar-refractivity contribution in [2.45, 2.75) is 52.1 Å². The Morgan fingerprint density at radius 3 is 2.89 bits per heavy atom. The molecule has 2 nitrogen and oxygen atoms in total. The van der Waals surface area contributed by atoms with Crippen LogP contribution in [-0.2, 0) is 6.54 Å². The molecule has 0 aliphatic heterocycles. The third kappa shape index (κ3) is 4.32. The molecule has 0 bridgehead atoms. The molecule has 0 aliphatic carbocycles. The smallest absolute Gasteiger partial charge is 0.0346 e. The van der Waals surface area contributed by atoms with Crippen LogP contribution < -0.4 is 5.32 Å². The Morgan fingerprint density at radius 1 is 1.16 bits per heavy atom. The first-order valence-corrected chi connectivity index (χ1v) is 7.35. The number of benzene rings is 1. The molecule has 102 valence electrons. The van der Waals surface area contributed by atoms with E-state index in [1.807, 2.05) is 12.4 Å². The van der Waals surface area contributed by atoms with Crippen LogP contribution >= 0.6 is 0 Å². The molecule has 1 unspecified atom stereocenters. The van der Waals surface area contributed by atoms with Gasteiger partial charge in [-0.1, -0.05) is 38.3 Å². The minimum absolute atomic E-state index is 0.597. The van der Waals surface area contributed by atoms with Crippen molar-refractivity contribution in [1.82, 2.24) is 10.3 Å². The van der Waals surface area contributed by atoms with Crippen LogP contribution in [0.1, 0.15) is 45.1 Å². The van der Waals surface area contributed by atoms with E-state index >= 15 is 0 Å². The lowest BCUT2D eigenvalue weighted by Crippen LogP contribution is -2.25. The van der Waals surface area contributed by atoms with Crippen molar-refractivity contribution in [3.63, 3.8) is 0 Å². The molecule has 0 radical (unpaired) electrons. The summed E-state index contributed by atoms with van der Waals surface area (Å²) in [5, 5.41) is 6.09. The summed E-state index contributed by atoms with van der Waals surface area (Å²) in [4.78, 5) is 4.14. The standard InChI is InChI=1S/C17H24N2/c1-3-4-5-6-14(2)19-12-15-7-8-17-13-18-10-9-16(17)11-15/h7-11,13-14,19H,3-6,12H2,1-2H3. The molecule has 1 N–H and O–H groups in total. The van der Waals surface area contributed by atoms with E-state index in [0.29, 0.717) is 6.04 Å². The van der Waals surface area contributed by atoms with E-state index in [9.17, 15) is 0 Å². The highest BCUT2D eigenvalue weighted by Crippen LogP contribution is 2.14. The molecule has 1 heterocycles. The monoisotopic (exact) mass is 256 g/mol. The van der Waals surface area contributed by atoms with E-state index < -0.39 is 0 Å². The van der Waals surface area contributed by atoms with Crippen molar-refractivity contribution in [1.29, 1.82) is 0 Å². The zero-order valence-electron chi connectivity index (χ0n) is 12.0. The number of nitrogens with one attached hydrogen (secondary N) is 1. The topological polar surface area (TPSA) is 24.9 Å². The molecule has 0 spiro atoms. The summed E-state index contributed by atoms with van der Waals surface area (Å²) in [7, 11) is 0. The average Bonchev–Trinajstić information content (AvgIpc) is 2.45. The number of nitrogens with zero attached hydrogens (tertiary/aromatic N) is 1. The summed E-state index contributed by atoms with van der Waals surface area (Å²) < 4.78 is 0. The van der Waals surface area contributed by atoms with Gasteiger partial charge >= 0.3 is 0 Å². The van der Waals surface area contributed by atoms with Crippen molar-refractivity contribution < 1.29 is 0 Å². The summed E-state index contributed by atoms with van der Waals surface area (Å²) in [6, 6.07) is 9.27. The van der Waals surface area contributed by atoms with Crippen LogP contribution in [0.25, 0.3) is 10.8 Å². The van der Waals surface area contributed by atoms with Crippen LogP contribution in [0.4, 0.5) is 0 Å². The van der Waals surface area contributed by atoms with Gasteiger partial charge in [-0.3, -0.25) is 4.98 Å². The third-order valence-electron chi connectivity index (χ3n) is 3.60. The minimum atomic E-state index is 0.597. The van der Waals surface area contributed by atoms with Gasteiger partial charge in [-0.05, 0) is 36.4 Å². The minimum Gasteiger partial charge on any atom is -0.310 e. The number of aromatic nitrogens is 1. The largest absolute Gasteiger partial charge is 0.310 e. The van der Waals surface area contributed by atoms with Crippen LogP contribution in [0.5, 0.6) is 0 Å². The highest BCUT2D eigenvalue weighted by Gasteiger charge is 2.02. The van der Waals surface area contributed by atoms with Crippen LogP contribution in [-0.4, -0.2) is 11.0 Å². The first kappa shape index (κ1) is 14.0. The van der Waals surface area contributed by atoms with Gasteiger partial charge in [-0.15, -0.1) is 0 Å². The maximum Gasteiger partial charge on any atom is 0.0346 e. The molecule has 19 heavy (non-hydrogen) atoms. The maximum atomic E-state index is 4.14. The fraction of sp³-hybridized carbons (Fsp3) is 0.471. The normalized spacial score (nSPS) is 12.7.